The average molecular weight is 447 g/mol. The second-order valence-corrected chi connectivity index (χ2v) is 10.4. The highest BCUT2D eigenvalue weighted by Crippen LogP contribution is 2.24. The minimum Gasteiger partial charge on any atom is -0.339 e. The number of benzene rings is 1. The highest BCUT2D eigenvalue weighted by molar-refractivity contribution is 7.91. The van der Waals surface area contributed by atoms with Gasteiger partial charge in [0.25, 0.3) is 11.8 Å². The molecular weight excluding hydrogens is 420 g/mol. The maximum atomic E-state index is 12.9. The summed E-state index contributed by atoms with van der Waals surface area (Å²) in [5, 5.41) is 8.13. The molecule has 10 heteroatoms. The van der Waals surface area contributed by atoms with E-state index >= 15 is 0 Å². The maximum Gasteiger partial charge on any atom is 0.271 e. The molecule has 31 heavy (non-hydrogen) atoms. The number of nitrogens with zero attached hydrogens (tertiary/aromatic N) is 3. The Bertz CT molecular complexity index is 1030. The third kappa shape index (κ3) is 4.79. The molecule has 0 bridgehead atoms. The molecule has 0 radical (unpaired) electrons. The lowest BCUT2D eigenvalue weighted by Crippen LogP contribution is -2.42. The number of hydrogen-bond acceptors (Lipinski definition) is 6. The SMILES string of the molecule is O=C(Nc1ccccc1C(=O)N1CCCCC1)C1=NN([C@H]2CCS(=O)(=O)C2)C(=O)CC1. The number of nitrogens with one attached hydrogen (secondary N) is 1. The van der Waals surface area contributed by atoms with Gasteiger partial charge in [0.1, 0.15) is 5.71 Å². The maximum absolute atomic E-state index is 12.9. The van der Waals surface area contributed by atoms with Gasteiger partial charge >= 0.3 is 0 Å². The van der Waals surface area contributed by atoms with E-state index in [4.69, 9.17) is 0 Å². The first-order valence-electron chi connectivity index (χ1n) is 10.6. The van der Waals surface area contributed by atoms with E-state index in [2.05, 4.69) is 10.4 Å². The first-order valence-corrected chi connectivity index (χ1v) is 12.5. The summed E-state index contributed by atoms with van der Waals surface area (Å²) in [7, 11) is -3.19. The van der Waals surface area contributed by atoms with Crippen molar-refractivity contribution in [1.29, 1.82) is 0 Å². The zero-order valence-electron chi connectivity index (χ0n) is 17.2. The van der Waals surface area contributed by atoms with Crippen LogP contribution in [0.25, 0.3) is 0 Å². The Morgan fingerprint density at radius 1 is 1.06 bits per heavy atom. The largest absolute Gasteiger partial charge is 0.339 e. The highest BCUT2D eigenvalue weighted by atomic mass is 32.2. The normalized spacial score (nSPS) is 23.4. The molecular formula is C21H26N4O5S. The van der Waals surface area contributed by atoms with Gasteiger partial charge in [-0.15, -0.1) is 0 Å². The fourth-order valence-electron chi connectivity index (χ4n) is 4.23. The van der Waals surface area contributed by atoms with Gasteiger partial charge in [-0.2, -0.15) is 5.10 Å². The number of amides is 3. The van der Waals surface area contributed by atoms with E-state index in [1.807, 2.05) is 0 Å². The Kier molecular flexibility index (Phi) is 6.08. The molecule has 2 fully saturated rings. The van der Waals surface area contributed by atoms with E-state index in [1.54, 1.807) is 29.2 Å². The lowest BCUT2D eigenvalue weighted by molar-refractivity contribution is -0.133. The molecule has 1 aromatic carbocycles. The van der Waals surface area contributed by atoms with Crippen molar-refractivity contribution in [3.8, 4) is 0 Å². The smallest absolute Gasteiger partial charge is 0.271 e. The van der Waals surface area contributed by atoms with Gasteiger partial charge in [-0.05, 0) is 37.8 Å². The summed E-state index contributed by atoms with van der Waals surface area (Å²) in [5.41, 5.74) is 0.978. The van der Waals surface area contributed by atoms with Crippen molar-refractivity contribution in [1.82, 2.24) is 9.91 Å². The fraction of sp³-hybridized carbons (Fsp3) is 0.524. The van der Waals surface area contributed by atoms with E-state index in [1.165, 1.54) is 0 Å². The van der Waals surface area contributed by atoms with Gasteiger partial charge < -0.3 is 10.2 Å². The van der Waals surface area contributed by atoms with E-state index < -0.39 is 21.8 Å². The van der Waals surface area contributed by atoms with Crippen molar-refractivity contribution in [2.45, 2.75) is 44.6 Å². The molecule has 1 aromatic rings. The van der Waals surface area contributed by atoms with Gasteiger partial charge in [0.05, 0.1) is 28.8 Å². The number of carbonyl (C=O) groups excluding carboxylic acids is 3. The van der Waals surface area contributed by atoms with Gasteiger partial charge in [0.15, 0.2) is 9.84 Å². The van der Waals surface area contributed by atoms with Gasteiger partial charge in [-0.1, -0.05) is 12.1 Å². The summed E-state index contributed by atoms with van der Waals surface area (Å²) in [5.74, 6) is -1.000. The zero-order valence-corrected chi connectivity index (χ0v) is 18.1. The van der Waals surface area contributed by atoms with E-state index in [0.717, 1.165) is 24.3 Å². The topological polar surface area (TPSA) is 116 Å². The lowest BCUT2D eigenvalue weighted by Gasteiger charge is -2.28. The summed E-state index contributed by atoms with van der Waals surface area (Å²) < 4.78 is 23.6. The number of hydrazone groups is 1. The summed E-state index contributed by atoms with van der Waals surface area (Å²) in [4.78, 5) is 39.9. The standard InChI is InChI=1S/C21H26N4O5S/c26-19-9-8-18(23-25(19)15-10-13-31(29,30)14-15)20(27)22-17-7-3-2-6-16(17)21(28)24-11-4-1-5-12-24/h2-3,6-7,15H,1,4-5,8-14H2,(H,22,27)/t15-/m0/s1. The first-order chi connectivity index (χ1) is 14.8. The molecule has 1 N–H and O–H groups in total. The quantitative estimate of drug-likeness (QED) is 0.751. The van der Waals surface area contributed by atoms with Crippen LogP contribution in [0.15, 0.2) is 29.4 Å². The highest BCUT2D eigenvalue weighted by Gasteiger charge is 2.37. The predicted octanol–water partition coefficient (Wildman–Crippen LogP) is 1.42. The van der Waals surface area contributed by atoms with Crippen LogP contribution in [0.4, 0.5) is 5.69 Å². The molecule has 4 rings (SSSR count). The minimum absolute atomic E-state index is 0.0183. The van der Waals surface area contributed by atoms with Crippen LogP contribution in [-0.4, -0.2) is 72.4 Å². The molecule has 0 spiro atoms. The second kappa shape index (κ2) is 8.78. The van der Waals surface area contributed by atoms with Crippen LogP contribution >= 0.6 is 0 Å². The molecule has 0 unspecified atom stereocenters. The number of sulfone groups is 1. The molecule has 3 amide bonds. The van der Waals surface area contributed by atoms with E-state index in [9.17, 15) is 22.8 Å². The third-order valence-corrected chi connectivity index (χ3v) is 7.68. The van der Waals surface area contributed by atoms with Gasteiger partial charge in [-0.25, -0.2) is 13.4 Å². The third-order valence-electron chi connectivity index (χ3n) is 5.92. The van der Waals surface area contributed by atoms with Crippen LogP contribution in [0.2, 0.25) is 0 Å². The monoisotopic (exact) mass is 446 g/mol. The Morgan fingerprint density at radius 2 is 1.81 bits per heavy atom. The lowest BCUT2D eigenvalue weighted by atomic mass is 10.1. The number of para-hydroxylation sites is 1. The summed E-state index contributed by atoms with van der Waals surface area (Å²) in [6.07, 6.45) is 3.63. The average Bonchev–Trinajstić information content (AvgIpc) is 3.14. The number of carbonyl (C=O) groups is 3. The molecule has 166 valence electrons. The van der Waals surface area contributed by atoms with E-state index in [0.29, 0.717) is 30.8 Å². The van der Waals surface area contributed by atoms with E-state index in [-0.39, 0.29) is 41.9 Å². The Hall–Kier alpha value is -2.75. The van der Waals surface area contributed by atoms with Gasteiger partial charge in [-0.3, -0.25) is 14.4 Å². The fourth-order valence-corrected chi connectivity index (χ4v) is 5.92. The molecule has 9 nitrogen and oxygen atoms in total. The molecule has 3 aliphatic rings. The van der Waals surface area contributed by atoms with Crippen LogP contribution in [0.3, 0.4) is 0 Å². The first kappa shape index (κ1) is 21.5. The number of piperidine rings is 1. The van der Waals surface area contributed by atoms with Crippen molar-refractivity contribution in [3.05, 3.63) is 29.8 Å². The summed E-state index contributed by atoms with van der Waals surface area (Å²) in [6, 6.07) is 6.32. The number of rotatable bonds is 4. The van der Waals surface area contributed by atoms with Gasteiger partial charge in [0.2, 0.25) is 5.91 Å². The molecule has 3 aliphatic heterocycles. The molecule has 0 saturated carbocycles. The number of hydrogen-bond donors (Lipinski definition) is 1. The predicted molar refractivity (Wildman–Crippen MR) is 115 cm³/mol. The van der Waals surface area contributed by atoms with Crippen molar-refractivity contribution < 1.29 is 22.8 Å². The van der Waals surface area contributed by atoms with Crippen LogP contribution in [0, 0.1) is 0 Å². The van der Waals surface area contributed by atoms with Crippen LogP contribution in [0.5, 0.6) is 0 Å². The Morgan fingerprint density at radius 3 is 2.52 bits per heavy atom. The molecule has 0 aromatic heterocycles. The Balaban J connectivity index is 1.51. The molecule has 2 saturated heterocycles. The van der Waals surface area contributed by atoms with Crippen molar-refractivity contribution in [2.75, 3.05) is 29.9 Å². The van der Waals surface area contributed by atoms with Crippen LogP contribution in [-0.2, 0) is 19.4 Å². The minimum atomic E-state index is -3.19. The summed E-state index contributed by atoms with van der Waals surface area (Å²) in [6.45, 7) is 1.41. The molecule has 3 heterocycles. The number of likely N-dealkylation sites (tertiary alicyclic amines) is 1. The molecule has 1 atom stereocenters. The second-order valence-electron chi connectivity index (χ2n) is 8.19. The van der Waals surface area contributed by atoms with Crippen molar-refractivity contribution >= 4 is 39.0 Å². The van der Waals surface area contributed by atoms with Crippen molar-refractivity contribution in [3.63, 3.8) is 0 Å². The van der Waals surface area contributed by atoms with Crippen molar-refractivity contribution in [2.24, 2.45) is 5.10 Å². The summed E-state index contributed by atoms with van der Waals surface area (Å²) >= 11 is 0. The van der Waals surface area contributed by atoms with Gasteiger partial charge in [0, 0.05) is 25.9 Å². The van der Waals surface area contributed by atoms with Crippen LogP contribution < -0.4 is 5.32 Å². The zero-order chi connectivity index (χ0) is 22.0. The Labute approximate surface area is 181 Å². The van der Waals surface area contributed by atoms with Crippen LogP contribution in [0.1, 0.15) is 48.9 Å². The molecule has 0 aliphatic carbocycles. The number of anilines is 1.